The van der Waals surface area contributed by atoms with Gasteiger partial charge >= 0.3 is 0 Å². The number of methoxy groups -OCH3 is 1. The van der Waals surface area contributed by atoms with E-state index in [1.807, 2.05) is 6.07 Å². The molecule has 0 heterocycles. The first kappa shape index (κ1) is 16.8. The molecule has 2 rings (SSSR count). The van der Waals surface area contributed by atoms with Crippen molar-refractivity contribution in [3.05, 3.63) is 64.7 Å². The summed E-state index contributed by atoms with van der Waals surface area (Å²) in [5, 5.41) is 3.14. The van der Waals surface area contributed by atoms with Crippen LogP contribution in [0.4, 0.5) is 0 Å². The van der Waals surface area contributed by atoms with Crippen LogP contribution in [0.15, 0.2) is 48.5 Å². The van der Waals surface area contributed by atoms with E-state index in [-0.39, 0.29) is 12.3 Å². The maximum absolute atomic E-state index is 12.3. The number of nitrogens with two attached hydrogens (primary N) is 1. The number of hydrogen-bond acceptors (Lipinski definition) is 3. The average Bonchev–Trinajstić information content (AvgIpc) is 2.53. The highest BCUT2D eigenvalue weighted by atomic mass is 35.5. The zero-order valence-corrected chi connectivity index (χ0v) is 13.3. The molecule has 5 nitrogen and oxygen atoms in total. The first-order valence-corrected chi connectivity index (χ1v) is 7.35. The SMILES string of the molecule is COc1ccc(Cl)cc1CC(=O)NC(C(N)=O)c1ccccc1. The molecule has 2 aromatic rings. The summed E-state index contributed by atoms with van der Waals surface area (Å²) in [7, 11) is 1.51. The van der Waals surface area contributed by atoms with Gasteiger partial charge < -0.3 is 15.8 Å². The number of halogens is 1. The van der Waals surface area contributed by atoms with Gasteiger partial charge in [0.05, 0.1) is 13.5 Å². The van der Waals surface area contributed by atoms with Gasteiger partial charge in [0.1, 0.15) is 11.8 Å². The number of primary amides is 1. The van der Waals surface area contributed by atoms with Crippen LogP contribution in [-0.4, -0.2) is 18.9 Å². The Kier molecular flexibility index (Phi) is 5.60. The molecule has 0 saturated heterocycles. The second-order valence-electron chi connectivity index (χ2n) is 4.95. The van der Waals surface area contributed by atoms with Crippen molar-refractivity contribution in [3.8, 4) is 5.75 Å². The number of nitrogens with one attached hydrogen (secondary N) is 1. The van der Waals surface area contributed by atoms with Gasteiger partial charge in [0.2, 0.25) is 11.8 Å². The second-order valence-corrected chi connectivity index (χ2v) is 5.38. The van der Waals surface area contributed by atoms with E-state index >= 15 is 0 Å². The summed E-state index contributed by atoms with van der Waals surface area (Å²) < 4.78 is 5.21. The topological polar surface area (TPSA) is 81.4 Å². The lowest BCUT2D eigenvalue weighted by molar-refractivity contribution is -0.127. The minimum atomic E-state index is -0.881. The normalized spacial score (nSPS) is 11.6. The third-order valence-corrected chi connectivity index (χ3v) is 3.55. The number of amides is 2. The van der Waals surface area contributed by atoms with Crippen LogP contribution in [-0.2, 0) is 16.0 Å². The molecular weight excluding hydrogens is 316 g/mol. The zero-order valence-electron chi connectivity index (χ0n) is 12.6. The summed E-state index contributed by atoms with van der Waals surface area (Å²) >= 11 is 5.95. The zero-order chi connectivity index (χ0) is 16.8. The van der Waals surface area contributed by atoms with E-state index in [0.29, 0.717) is 21.9 Å². The second kappa shape index (κ2) is 7.65. The van der Waals surface area contributed by atoms with Gasteiger partial charge in [-0.25, -0.2) is 0 Å². The molecule has 0 radical (unpaired) electrons. The molecule has 120 valence electrons. The summed E-state index contributed by atoms with van der Waals surface area (Å²) in [4.78, 5) is 23.9. The number of carbonyl (C=O) groups excluding carboxylic acids is 2. The molecule has 3 N–H and O–H groups in total. The predicted molar refractivity (Wildman–Crippen MR) is 88.2 cm³/mol. The largest absolute Gasteiger partial charge is 0.496 e. The molecule has 1 unspecified atom stereocenters. The van der Waals surface area contributed by atoms with Crippen LogP contribution < -0.4 is 15.8 Å². The van der Waals surface area contributed by atoms with Crippen LogP contribution in [0.1, 0.15) is 17.2 Å². The third-order valence-electron chi connectivity index (χ3n) is 3.32. The number of carbonyl (C=O) groups is 2. The van der Waals surface area contributed by atoms with Gasteiger partial charge in [-0.05, 0) is 23.8 Å². The molecule has 2 amide bonds. The van der Waals surface area contributed by atoms with Crippen LogP contribution >= 0.6 is 11.6 Å². The van der Waals surface area contributed by atoms with Crippen LogP contribution in [0.5, 0.6) is 5.75 Å². The van der Waals surface area contributed by atoms with E-state index in [9.17, 15) is 9.59 Å². The van der Waals surface area contributed by atoms with E-state index in [4.69, 9.17) is 22.1 Å². The maximum Gasteiger partial charge on any atom is 0.244 e. The monoisotopic (exact) mass is 332 g/mol. The molecule has 0 saturated carbocycles. The van der Waals surface area contributed by atoms with Gasteiger partial charge in [0, 0.05) is 10.6 Å². The fraction of sp³-hybridized carbons (Fsp3) is 0.176. The van der Waals surface area contributed by atoms with Crippen molar-refractivity contribution in [1.82, 2.24) is 5.32 Å². The maximum atomic E-state index is 12.3. The third kappa shape index (κ3) is 4.47. The molecule has 1 atom stereocenters. The number of rotatable bonds is 6. The number of benzene rings is 2. The highest BCUT2D eigenvalue weighted by Gasteiger charge is 2.20. The molecular formula is C17H17ClN2O3. The fourth-order valence-electron chi connectivity index (χ4n) is 2.23. The van der Waals surface area contributed by atoms with Gasteiger partial charge in [-0.15, -0.1) is 0 Å². The van der Waals surface area contributed by atoms with Crippen LogP contribution in [0.2, 0.25) is 5.02 Å². The Morgan fingerprint density at radius 2 is 1.91 bits per heavy atom. The van der Waals surface area contributed by atoms with Gasteiger partial charge in [-0.1, -0.05) is 41.9 Å². The summed E-state index contributed by atoms with van der Waals surface area (Å²) in [6, 6.07) is 13.0. The highest BCUT2D eigenvalue weighted by molar-refractivity contribution is 6.30. The lowest BCUT2D eigenvalue weighted by Crippen LogP contribution is -2.38. The molecule has 0 aliphatic carbocycles. The van der Waals surface area contributed by atoms with E-state index in [0.717, 1.165) is 0 Å². The fourth-order valence-corrected chi connectivity index (χ4v) is 2.43. The Bertz CT molecular complexity index is 704. The van der Waals surface area contributed by atoms with Gasteiger partial charge in [-0.3, -0.25) is 9.59 Å². The Labute approximate surface area is 139 Å². The molecule has 0 bridgehead atoms. The molecule has 0 spiro atoms. The van der Waals surface area contributed by atoms with Crippen molar-refractivity contribution in [1.29, 1.82) is 0 Å². The summed E-state index contributed by atoms with van der Waals surface area (Å²) in [5.74, 6) is -0.416. The highest BCUT2D eigenvalue weighted by Crippen LogP contribution is 2.23. The summed E-state index contributed by atoms with van der Waals surface area (Å²) in [6.07, 6.45) is 0.0281. The van der Waals surface area contributed by atoms with Gasteiger partial charge in [0.15, 0.2) is 0 Å². The standard InChI is InChI=1S/C17H17ClN2O3/c1-23-14-8-7-13(18)9-12(14)10-15(21)20-16(17(19)22)11-5-3-2-4-6-11/h2-9,16H,10H2,1H3,(H2,19,22)(H,20,21). The molecule has 0 fully saturated rings. The van der Waals surface area contributed by atoms with E-state index in [1.54, 1.807) is 42.5 Å². The van der Waals surface area contributed by atoms with Crippen LogP contribution in [0.3, 0.4) is 0 Å². The first-order valence-electron chi connectivity index (χ1n) is 6.97. The quantitative estimate of drug-likeness (QED) is 0.851. The van der Waals surface area contributed by atoms with Crippen LogP contribution in [0.25, 0.3) is 0 Å². The Hall–Kier alpha value is -2.53. The smallest absolute Gasteiger partial charge is 0.244 e. The van der Waals surface area contributed by atoms with Crippen molar-refractivity contribution >= 4 is 23.4 Å². The van der Waals surface area contributed by atoms with E-state index < -0.39 is 11.9 Å². The Balaban J connectivity index is 2.14. The summed E-state index contributed by atoms with van der Waals surface area (Å²) in [5.41, 5.74) is 6.66. The molecule has 0 aliphatic rings. The van der Waals surface area contributed by atoms with E-state index in [1.165, 1.54) is 7.11 Å². The Morgan fingerprint density at radius 1 is 1.22 bits per heavy atom. The average molecular weight is 333 g/mol. The molecule has 2 aromatic carbocycles. The van der Waals surface area contributed by atoms with Crippen molar-refractivity contribution in [3.63, 3.8) is 0 Å². The summed E-state index contributed by atoms with van der Waals surface area (Å²) in [6.45, 7) is 0. The van der Waals surface area contributed by atoms with Crippen molar-refractivity contribution in [2.75, 3.05) is 7.11 Å². The van der Waals surface area contributed by atoms with Crippen molar-refractivity contribution in [2.45, 2.75) is 12.5 Å². The lowest BCUT2D eigenvalue weighted by atomic mass is 10.1. The molecule has 23 heavy (non-hydrogen) atoms. The minimum absolute atomic E-state index is 0.0281. The van der Waals surface area contributed by atoms with Gasteiger partial charge in [-0.2, -0.15) is 0 Å². The van der Waals surface area contributed by atoms with Crippen molar-refractivity contribution in [2.24, 2.45) is 5.73 Å². The molecule has 0 aliphatic heterocycles. The number of ether oxygens (including phenoxy) is 1. The Morgan fingerprint density at radius 3 is 2.52 bits per heavy atom. The molecule has 6 heteroatoms. The van der Waals surface area contributed by atoms with Gasteiger partial charge in [0.25, 0.3) is 0 Å². The predicted octanol–water partition coefficient (Wildman–Crippen LogP) is 2.23. The molecule has 0 aromatic heterocycles. The van der Waals surface area contributed by atoms with E-state index in [2.05, 4.69) is 5.32 Å². The van der Waals surface area contributed by atoms with Crippen LogP contribution in [0, 0.1) is 0 Å². The van der Waals surface area contributed by atoms with Crippen molar-refractivity contribution < 1.29 is 14.3 Å². The minimum Gasteiger partial charge on any atom is -0.496 e. The first-order chi connectivity index (χ1) is 11.0. The lowest BCUT2D eigenvalue weighted by Gasteiger charge is -2.16. The number of hydrogen-bond donors (Lipinski definition) is 2.